The van der Waals surface area contributed by atoms with Crippen molar-refractivity contribution in [1.82, 2.24) is 4.98 Å². The van der Waals surface area contributed by atoms with Crippen molar-refractivity contribution in [3.8, 4) is 11.3 Å². The molecule has 2 aromatic rings. The van der Waals surface area contributed by atoms with E-state index in [1.807, 2.05) is 13.0 Å². The lowest BCUT2D eigenvalue weighted by atomic mass is 9.82. The number of benzene rings is 1. The molecule has 1 heterocycles. The standard InChI is InChI=1S/C18H23N/c1-12-10-13(2)16(18(4,5)6)11-15(12)17-9-7-8-14(3)19-17/h7-11H,1-6H3/i1D3,3D3. The van der Waals surface area contributed by atoms with E-state index in [2.05, 4.69) is 25.8 Å². The number of hydrogen-bond donors (Lipinski definition) is 0. The van der Waals surface area contributed by atoms with Crippen LogP contribution in [0.4, 0.5) is 0 Å². The van der Waals surface area contributed by atoms with Gasteiger partial charge < -0.3 is 0 Å². The summed E-state index contributed by atoms with van der Waals surface area (Å²) in [5.74, 6) is 0. The predicted molar refractivity (Wildman–Crippen MR) is 82.6 cm³/mol. The molecule has 0 saturated heterocycles. The van der Waals surface area contributed by atoms with Crippen molar-refractivity contribution in [2.75, 3.05) is 0 Å². The lowest BCUT2D eigenvalue weighted by molar-refractivity contribution is 0.586. The van der Waals surface area contributed by atoms with Gasteiger partial charge in [0.05, 0.1) is 5.69 Å². The fourth-order valence-electron chi connectivity index (χ4n) is 2.31. The van der Waals surface area contributed by atoms with E-state index in [1.165, 1.54) is 6.07 Å². The minimum atomic E-state index is -2.34. The maximum absolute atomic E-state index is 7.86. The van der Waals surface area contributed by atoms with Crippen LogP contribution in [0.25, 0.3) is 11.3 Å². The summed E-state index contributed by atoms with van der Waals surface area (Å²) in [6.07, 6.45) is 0. The third-order valence-electron chi connectivity index (χ3n) is 3.20. The second-order valence-electron chi connectivity index (χ2n) is 5.87. The fourth-order valence-corrected chi connectivity index (χ4v) is 2.31. The Kier molecular flexibility index (Phi) is 1.98. The highest BCUT2D eigenvalue weighted by molar-refractivity contribution is 5.66. The topological polar surface area (TPSA) is 12.9 Å². The molecule has 0 bridgehead atoms. The smallest absolute Gasteiger partial charge is 0.0707 e. The van der Waals surface area contributed by atoms with Crippen LogP contribution in [-0.4, -0.2) is 4.98 Å². The molecule has 0 aliphatic heterocycles. The Morgan fingerprint density at radius 2 is 1.84 bits per heavy atom. The molecular formula is C18H23N. The van der Waals surface area contributed by atoms with Gasteiger partial charge in [0.2, 0.25) is 0 Å². The van der Waals surface area contributed by atoms with Crippen LogP contribution in [-0.2, 0) is 5.41 Å². The summed E-state index contributed by atoms with van der Waals surface area (Å²) >= 11 is 0. The summed E-state index contributed by atoms with van der Waals surface area (Å²) in [5.41, 5.74) is 2.71. The number of pyridine rings is 1. The number of rotatable bonds is 1. The molecule has 1 nitrogen and oxygen atoms in total. The van der Waals surface area contributed by atoms with Crippen LogP contribution in [0, 0.1) is 20.6 Å². The highest BCUT2D eigenvalue weighted by Crippen LogP contribution is 2.32. The molecule has 0 unspecified atom stereocenters. The van der Waals surface area contributed by atoms with Crippen molar-refractivity contribution in [2.45, 2.75) is 46.8 Å². The Labute approximate surface area is 125 Å². The summed E-state index contributed by atoms with van der Waals surface area (Å²) in [7, 11) is 0. The van der Waals surface area contributed by atoms with Crippen molar-refractivity contribution in [2.24, 2.45) is 0 Å². The Bertz CT molecular complexity index is 782. The van der Waals surface area contributed by atoms with Crippen LogP contribution in [0.1, 0.15) is 51.4 Å². The van der Waals surface area contributed by atoms with E-state index in [0.717, 1.165) is 11.1 Å². The van der Waals surface area contributed by atoms with E-state index in [1.54, 1.807) is 18.2 Å². The molecule has 0 aliphatic carbocycles. The van der Waals surface area contributed by atoms with Gasteiger partial charge in [-0.25, -0.2) is 0 Å². The summed E-state index contributed by atoms with van der Waals surface area (Å²) < 4.78 is 46.2. The van der Waals surface area contributed by atoms with Crippen molar-refractivity contribution >= 4 is 0 Å². The number of aromatic nitrogens is 1. The maximum Gasteiger partial charge on any atom is 0.0707 e. The Balaban J connectivity index is 2.79. The molecule has 19 heavy (non-hydrogen) atoms. The van der Waals surface area contributed by atoms with Gasteiger partial charge in [-0.05, 0) is 60.9 Å². The average molecular weight is 259 g/mol. The van der Waals surface area contributed by atoms with Gasteiger partial charge in [0, 0.05) is 19.5 Å². The zero-order chi connectivity index (χ0) is 19.2. The van der Waals surface area contributed by atoms with Gasteiger partial charge in [-0.2, -0.15) is 0 Å². The van der Waals surface area contributed by atoms with Gasteiger partial charge in [-0.3, -0.25) is 4.98 Å². The first kappa shape index (κ1) is 7.84. The van der Waals surface area contributed by atoms with E-state index in [9.17, 15) is 0 Å². The lowest BCUT2D eigenvalue weighted by Gasteiger charge is -2.23. The highest BCUT2D eigenvalue weighted by Gasteiger charge is 2.18. The first-order valence-electron chi connectivity index (χ1n) is 9.35. The summed E-state index contributed by atoms with van der Waals surface area (Å²) in [5, 5.41) is 0. The van der Waals surface area contributed by atoms with Gasteiger partial charge in [-0.15, -0.1) is 0 Å². The van der Waals surface area contributed by atoms with Crippen LogP contribution < -0.4 is 0 Å². The third kappa shape index (κ3) is 2.86. The van der Waals surface area contributed by atoms with Crippen molar-refractivity contribution in [3.05, 3.63) is 52.7 Å². The van der Waals surface area contributed by atoms with Gasteiger partial charge in [0.25, 0.3) is 0 Å². The average Bonchev–Trinajstić information content (AvgIpc) is 2.44. The maximum atomic E-state index is 7.86. The first-order chi connectivity index (χ1) is 11.2. The highest BCUT2D eigenvalue weighted by atomic mass is 14.7. The van der Waals surface area contributed by atoms with E-state index < -0.39 is 13.7 Å². The molecule has 0 saturated carbocycles. The van der Waals surface area contributed by atoms with Crippen molar-refractivity contribution < 1.29 is 8.22 Å². The normalized spacial score (nSPS) is 17.7. The van der Waals surface area contributed by atoms with Gasteiger partial charge in [0.1, 0.15) is 0 Å². The number of aryl methyl sites for hydroxylation is 3. The van der Waals surface area contributed by atoms with Crippen LogP contribution in [0.2, 0.25) is 0 Å². The molecule has 0 spiro atoms. The molecule has 0 amide bonds. The summed E-state index contributed by atoms with van der Waals surface area (Å²) in [4.78, 5) is 4.23. The number of hydrogen-bond acceptors (Lipinski definition) is 1. The van der Waals surface area contributed by atoms with E-state index in [0.29, 0.717) is 11.3 Å². The molecule has 0 radical (unpaired) electrons. The molecule has 0 aliphatic rings. The monoisotopic (exact) mass is 259 g/mol. The molecular weight excluding hydrogens is 230 g/mol. The lowest BCUT2D eigenvalue weighted by Crippen LogP contribution is -2.13. The van der Waals surface area contributed by atoms with E-state index >= 15 is 0 Å². The zero-order valence-corrected chi connectivity index (χ0v) is 11.8. The van der Waals surface area contributed by atoms with Crippen molar-refractivity contribution in [3.63, 3.8) is 0 Å². The fraction of sp³-hybridized carbons (Fsp3) is 0.389. The van der Waals surface area contributed by atoms with Crippen molar-refractivity contribution in [1.29, 1.82) is 0 Å². The van der Waals surface area contributed by atoms with Crippen LogP contribution in [0.3, 0.4) is 0 Å². The minimum Gasteiger partial charge on any atom is -0.253 e. The van der Waals surface area contributed by atoms with E-state index in [4.69, 9.17) is 8.22 Å². The predicted octanol–water partition coefficient (Wildman–Crippen LogP) is 4.97. The molecule has 0 fully saturated rings. The first-order valence-corrected chi connectivity index (χ1v) is 6.35. The minimum absolute atomic E-state index is 0.0422. The van der Waals surface area contributed by atoms with Crippen LogP contribution in [0.5, 0.6) is 0 Å². The molecule has 0 N–H and O–H groups in total. The summed E-state index contributed by atoms with van der Waals surface area (Å²) in [6, 6.07) is 8.20. The largest absolute Gasteiger partial charge is 0.253 e. The molecule has 100 valence electrons. The third-order valence-corrected chi connectivity index (χ3v) is 3.20. The molecule has 2 rings (SSSR count). The molecule has 1 aromatic carbocycles. The van der Waals surface area contributed by atoms with Gasteiger partial charge in [0.15, 0.2) is 0 Å². The van der Waals surface area contributed by atoms with Gasteiger partial charge in [-0.1, -0.05) is 32.9 Å². The van der Waals surface area contributed by atoms with Crippen LogP contribution >= 0.6 is 0 Å². The summed E-state index contributed by atoms with van der Waals surface area (Å²) in [6.45, 7) is 3.41. The Morgan fingerprint density at radius 1 is 1.05 bits per heavy atom. The Hall–Kier alpha value is -1.63. The quantitative estimate of drug-likeness (QED) is 0.704. The molecule has 1 heteroatoms. The molecule has 0 atom stereocenters. The number of nitrogens with zero attached hydrogens (tertiary/aromatic N) is 1. The SMILES string of the molecule is [2H]C([2H])([2H])c1cccc(-c2cc(C(C)(C)C)c(C)cc2C([2H])([2H])[2H])n1. The Morgan fingerprint density at radius 3 is 2.47 bits per heavy atom. The van der Waals surface area contributed by atoms with Gasteiger partial charge >= 0.3 is 0 Å². The van der Waals surface area contributed by atoms with Crippen LogP contribution in [0.15, 0.2) is 30.3 Å². The zero-order valence-electron chi connectivity index (χ0n) is 17.8. The second-order valence-corrected chi connectivity index (χ2v) is 5.87. The van der Waals surface area contributed by atoms with E-state index in [-0.39, 0.29) is 16.7 Å². The second kappa shape index (κ2) is 4.80. The molecule has 1 aromatic heterocycles.